The van der Waals surface area contributed by atoms with Crippen LogP contribution in [-0.2, 0) is 0 Å². The van der Waals surface area contributed by atoms with Gasteiger partial charge in [-0.25, -0.2) is 0 Å². The summed E-state index contributed by atoms with van der Waals surface area (Å²) in [6.07, 6.45) is 5.67. The predicted molar refractivity (Wildman–Crippen MR) is 51.5 cm³/mol. The molecule has 59 valence electrons. The van der Waals surface area contributed by atoms with Crippen LogP contribution in [0, 0.1) is 5.92 Å². The van der Waals surface area contributed by atoms with Gasteiger partial charge in [0.25, 0.3) is 0 Å². The average Bonchev–Trinajstić information content (AvgIpc) is 1.87. The van der Waals surface area contributed by atoms with Crippen LogP contribution in [0.2, 0.25) is 4.44 Å². The fraction of sp³-hybridized carbons (Fsp3) is 1.00. The van der Waals surface area contributed by atoms with Crippen molar-refractivity contribution >= 4 is 28.5 Å². The minimum atomic E-state index is -0.273. The van der Waals surface area contributed by atoms with E-state index in [1.165, 1.54) is 30.1 Å². The van der Waals surface area contributed by atoms with Gasteiger partial charge in [0.1, 0.15) is 0 Å². The topological polar surface area (TPSA) is 0 Å². The number of rotatable bonds is 6. The molecule has 0 aromatic carbocycles. The molecule has 0 saturated carbocycles. The van der Waals surface area contributed by atoms with Gasteiger partial charge in [0.15, 0.2) is 0 Å². The van der Waals surface area contributed by atoms with Gasteiger partial charge in [0, 0.05) is 0 Å². The van der Waals surface area contributed by atoms with E-state index in [-0.39, 0.29) is 19.2 Å². The van der Waals surface area contributed by atoms with Crippen molar-refractivity contribution < 1.29 is 0 Å². The molecule has 0 amide bonds. The molecule has 0 aromatic rings. The van der Waals surface area contributed by atoms with Crippen molar-refractivity contribution in [3.8, 4) is 0 Å². The van der Waals surface area contributed by atoms with Gasteiger partial charge >= 0.3 is 78.4 Å². The third-order valence-corrected chi connectivity index (χ3v) is 4.52. The maximum atomic E-state index is 5.02. The zero-order chi connectivity index (χ0) is 7.82. The fourth-order valence-corrected chi connectivity index (χ4v) is 3.02. The second-order valence-corrected chi connectivity index (χ2v) is 7.32. The Hall–Kier alpha value is 1.02. The summed E-state index contributed by atoms with van der Waals surface area (Å²) in [5, 5.41) is 0. The molecule has 0 N–H and O–H groups in total. The van der Waals surface area contributed by atoms with Gasteiger partial charge in [0.2, 0.25) is 0 Å². The van der Waals surface area contributed by atoms with E-state index in [2.05, 4.69) is 13.8 Å². The second-order valence-electron chi connectivity index (χ2n) is 3.14. The van der Waals surface area contributed by atoms with Gasteiger partial charge in [-0.05, 0) is 0 Å². The van der Waals surface area contributed by atoms with Crippen molar-refractivity contribution in [3.63, 3.8) is 0 Å². The monoisotopic (exact) mass is 265 g/mol. The molecule has 0 rings (SSSR count). The van der Waals surface area contributed by atoms with Gasteiger partial charge < -0.3 is 0 Å². The Balaban J connectivity index is 2.83. The molecule has 0 atom stereocenters. The van der Waals surface area contributed by atoms with Gasteiger partial charge in [-0.15, -0.1) is 0 Å². The summed E-state index contributed by atoms with van der Waals surface area (Å²) in [5.74, 6) is 0.892. The van der Waals surface area contributed by atoms with E-state index < -0.39 is 0 Å². The Labute approximate surface area is 78.2 Å². The van der Waals surface area contributed by atoms with Crippen LogP contribution in [0.25, 0.3) is 0 Å². The van der Waals surface area contributed by atoms with Gasteiger partial charge in [-0.3, -0.25) is 0 Å². The van der Waals surface area contributed by atoms with E-state index in [1.807, 2.05) is 0 Å². The van der Waals surface area contributed by atoms with E-state index in [4.69, 9.17) is 9.29 Å². The fourth-order valence-electron chi connectivity index (χ4n) is 0.927. The molecule has 1 radical (unpaired) electrons. The second kappa shape index (κ2) is 8.12. The SMILES string of the molecule is CC(C)CCCC[CH2][Sn]=[S]. The van der Waals surface area contributed by atoms with Gasteiger partial charge in [0.05, 0.1) is 0 Å². The Bertz CT molecular complexity index is 81.3. The van der Waals surface area contributed by atoms with Crippen molar-refractivity contribution in [2.45, 2.75) is 44.0 Å². The van der Waals surface area contributed by atoms with Crippen LogP contribution < -0.4 is 0 Å². The van der Waals surface area contributed by atoms with Crippen LogP contribution in [0.1, 0.15) is 39.5 Å². The summed E-state index contributed by atoms with van der Waals surface area (Å²) in [5.41, 5.74) is 0. The Kier molecular flexibility index (Phi) is 8.95. The van der Waals surface area contributed by atoms with Crippen molar-refractivity contribution in [1.82, 2.24) is 0 Å². The summed E-state index contributed by atoms with van der Waals surface area (Å²) < 4.78 is 1.41. The first-order valence-corrected chi connectivity index (χ1v) is 10.0. The normalized spacial score (nSPS) is 10.3. The van der Waals surface area contributed by atoms with E-state index >= 15 is 0 Å². The third-order valence-electron chi connectivity index (χ3n) is 1.56. The first-order valence-electron chi connectivity index (χ1n) is 4.12. The van der Waals surface area contributed by atoms with Gasteiger partial charge in [-0.1, -0.05) is 0 Å². The molecule has 0 nitrogen and oxygen atoms in total. The first kappa shape index (κ1) is 11.0. The van der Waals surface area contributed by atoms with Crippen molar-refractivity contribution in [2.75, 3.05) is 0 Å². The summed E-state index contributed by atoms with van der Waals surface area (Å²) in [6, 6.07) is 0. The summed E-state index contributed by atoms with van der Waals surface area (Å²) in [6.45, 7) is 4.59. The van der Waals surface area contributed by atoms with Crippen molar-refractivity contribution in [1.29, 1.82) is 0 Å². The van der Waals surface area contributed by atoms with Gasteiger partial charge in [-0.2, -0.15) is 0 Å². The molecule has 0 spiro atoms. The average molecular weight is 264 g/mol. The van der Waals surface area contributed by atoms with Crippen LogP contribution in [0.5, 0.6) is 0 Å². The van der Waals surface area contributed by atoms with E-state index in [9.17, 15) is 0 Å². The molecule has 2 heteroatoms. The molecule has 0 aliphatic rings. The van der Waals surface area contributed by atoms with Crippen LogP contribution in [0.4, 0.5) is 0 Å². The number of unbranched alkanes of at least 4 members (excludes halogenated alkanes) is 2. The maximum absolute atomic E-state index is 5.02. The van der Waals surface area contributed by atoms with E-state index in [0.717, 1.165) is 5.92 Å². The zero-order valence-electron chi connectivity index (χ0n) is 7.02. The summed E-state index contributed by atoms with van der Waals surface area (Å²) in [7, 11) is 5.02. The molecule has 0 aliphatic heterocycles. The molecular weight excluding hydrogens is 247 g/mol. The first-order chi connectivity index (χ1) is 4.77. The molecule has 0 fully saturated rings. The Morgan fingerprint density at radius 1 is 1.20 bits per heavy atom. The molecule has 0 saturated heterocycles. The van der Waals surface area contributed by atoms with Crippen LogP contribution >= 0.6 is 9.29 Å². The number of hydrogen-bond acceptors (Lipinski definition) is 1. The molecule has 0 bridgehead atoms. The Morgan fingerprint density at radius 2 is 1.90 bits per heavy atom. The summed E-state index contributed by atoms with van der Waals surface area (Å²) >= 11 is -0.273. The van der Waals surface area contributed by atoms with Crippen LogP contribution in [0.3, 0.4) is 0 Å². The predicted octanol–water partition coefficient (Wildman–Crippen LogP) is 3.44. The van der Waals surface area contributed by atoms with Crippen molar-refractivity contribution in [2.24, 2.45) is 5.92 Å². The molecule has 10 heavy (non-hydrogen) atoms. The molecule has 0 aliphatic carbocycles. The standard InChI is InChI=1S/C8H17.S.Sn/c1-4-5-6-7-8(2)3;;/h8H,1,4-7H2,2-3H3;;. The minimum absolute atomic E-state index is 0.273. The molecular formula is C8H17SSn. The Morgan fingerprint density at radius 3 is 2.40 bits per heavy atom. The van der Waals surface area contributed by atoms with Crippen molar-refractivity contribution in [3.05, 3.63) is 0 Å². The molecule has 0 heterocycles. The summed E-state index contributed by atoms with van der Waals surface area (Å²) in [4.78, 5) is 0. The van der Waals surface area contributed by atoms with Crippen LogP contribution in [-0.4, -0.2) is 19.2 Å². The zero-order valence-corrected chi connectivity index (χ0v) is 10.7. The van der Waals surface area contributed by atoms with E-state index in [0.29, 0.717) is 0 Å². The number of hydrogen-bond donors (Lipinski definition) is 0. The molecule has 0 aromatic heterocycles. The quantitative estimate of drug-likeness (QED) is 0.523. The third kappa shape index (κ3) is 9.02. The van der Waals surface area contributed by atoms with Crippen LogP contribution in [0.15, 0.2) is 0 Å². The molecule has 0 unspecified atom stereocenters. The van der Waals surface area contributed by atoms with E-state index in [1.54, 1.807) is 0 Å².